The van der Waals surface area contributed by atoms with Gasteiger partial charge in [0, 0.05) is 43.0 Å². The van der Waals surface area contributed by atoms with Crippen molar-refractivity contribution in [3.05, 3.63) is 36.4 Å². The van der Waals surface area contributed by atoms with E-state index >= 15 is 0 Å². The Labute approximate surface area is 215 Å². The van der Waals surface area contributed by atoms with Gasteiger partial charge in [0.1, 0.15) is 18.1 Å². The Kier molecular flexibility index (Phi) is 10.9. The monoisotopic (exact) mass is 535 g/mol. The molecule has 0 aliphatic heterocycles. The minimum atomic E-state index is -1.64. The molecule has 11 N–H and O–H groups in total. The molecular weight excluding hydrogens is 506 g/mol. The van der Waals surface area contributed by atoms with Crippen LogP contribution in [0.1, 0.15) is 30.7 Å². The predicted octanol–water partition coefficient (Wildman–Crippen LogP) is -3.48. The van der Waals surface area contributed by atoms with Crippen LogP contribution in [0.3, 0.4) is 0 Å². The number of imidazole rings is 2. The summed E-state index contributed by atoms with van der Waals surface area (Å²) < 4.78 is 0. The number of carboxylic acid groups (broad SMARTS) is 2. The molecule has 0 bridgehead atoms. The highest BCUT2D eigenvalue weighted by Crippen LogP contribution is 2.05. The van der Waals surface area contributed by atoms with E-state index in [0.29, 0.717) is 11.4 Å². The van der Waals surface area contributed by atoms with Gasteiger partial charge >= 0.3 is 11.9 Å². The Hall–Kier alpha value is -4.80. The molecule has 0 saturated carbocycles. The molecule has 4 atom stereocenters. The molecule has 0 spiro atoms. The quantitative estimate of drug-likeness (QED) is 0.102. The number of nitrogens with two attached hydrogens (primary N) is 2. The molecule has 0 saturated heterocycles. The van der Waals surface area contributed by atoms with Crippen LogP contribution in [0.25, 0.3) is 0 Å². The minimum absolute atomic E-state index is 0.0177. The van der Waals surface area contributed by atoms with E-state index in [1.54, 1.807) is 0 Å². The summed E-state index contributed by atoms with van der Waals surface area (Å²) in [4.78, 5) is 85.6. The van der Waals surface area contributed by atoms with Crippen molar-refractivity contribution in [1.29, 1.82) is 0 Å². The van der Waals surface area contributed by atoms with Gasteiger partial charge in [0.25, 0.3) is 0 Å². The minimum Gasteiger partial charge on any atom is -0.481 e. The van der Waals surface area contributed by atoms with Crippen LogP contribution >= 0.6 is 0 Å². The van der Waals surface area contributed by atoms with Crippen LogP contribution in [0.2, 0.25) is 0 Å². The number of carbonyl (C=O) groups excluding carboxylic acids is 4. The topological polar surface area (TPSA) is 288 Å². The van der Waals surface area contributed by atoms with Crippen molar-refractivity contribution >= 4 is 35.6 Å². The van der Waals surface area contributed by atoms with E-state index in [1.807, 2.05) is 0 Å². The van der Waals surface area contributed by atoms with Crippen LogP contribution in [0, 0.1) is 0 Å². The van der Waals surface area contributed by atoms with Crippen LogP contribution in [-0.4, -0.2) is 89.9 Å². The standard InChI is InChI=1S/C21H29N9O8/c22-12(3-10-6-24-8-26-10)18(34)29-14(5-17(32)33)20(36)28-13(1-2-16(23)31)19(35)30-15(21(37)38)4-11-7-25-9-27-11/h6-9,12-15H,1-5,22H2,(H2,23,31)(H,24,26)(H,25,27)(H,28,36)(H,29,34)(H,30,35)(H,32,33)(H,37,38). The number of carboxylic acids is 2. The first-order valence-electron chi connectivity index (χ1n) is 11.3. The summed E-state index contributed by atoms with van der Waals surface area (Å²) in [5, 5.41) is 25.5. The number of primary amides is 1. The fraction of sp³-hybridized carbons (Fsp3) is 0.429. The van der Waals surface area contributed by atoms with Gasteiger partial charge in [-0.25, -0.2) is 14.8 Å². The number of carbonyl (C=O) groups is 6. The Balaban J connectivity index is 2.13. The highest BCUT2D eigenvalue weighted by atomic mass is 16.4. The molecule has 4 unspecified atom stereocenters. The maximum absolute atomic E-state index is 12.9. The summed E-state index contributed by atoms with van der Waals surface area (Å²) in [6.07, 6.45) is 3.82. The maximum atomic E-state index is 12.9. The van der Waals surface area contributed by atoms with E-state index in [4.69, 9.17) is 11.5 Å². The van der Waals surface area contributed by atoms with Gasteiger partial charge in [-0.1, -0.05) is 0 Å². The van der Waals surface area contributed by atoms with Gasteiger partial charge < -0.3 is 47.6 Å². The molecular formula is C21H29N9O8. The number of aromatic amines is 2. The lowest BCUT2D eigenvalue weighted by Gasteiger charge is -2.24. The number of aliphatic carboxylic acids is 2. The number of amides is 4. The molecule has 17 heteroatoms. The fourth-order valence-corrected chi connectivity index (χ4v) is 3.30. The molecule has 2 rings (SSSR count). The van der Waals surface area contributed by atoms with Crippen molar-refractivity contribution < 1.29 is 39.0 Å². The summed E-state index contributed by atoms with van der Waals surface area (Å²) in [6, 6.07) is -5.71. The molecule has 2 aromatic rings. The first-order valence-corrected chi connectivity index (χ1v) is 11.3. The third kappa shape index (κ3) is 9.69. The van der Waals surface area contributed by atoms with Gasteiger partial charge in [-0.15, -0.1) is 0 Å². The number of nitrogens with one attached hydrogen (secondary N) is 5. The number of hydrogen-bond acceptors (Lipinski definition) is 9. The molecule has 0 fully saturated rings. The summed E-state index contributed by atoms with van der Waals surface area (Å²) >= 11 is 0. The third-order valence-electron chi connectivity index (χ3n) is 5.25. The van der Waals surface area contributed by atoms with E-state index in [9.17, 15) is 39.0 Å². The van der Waals surface area contributed by atoms with Gasteiger partial charge in [0.05, 0.1) is 25.1 Å². The second-order valence-corrected chi connectivity index (χ2v) is 8.29. The zero-order chi connectivity index (χ0) is 28.2. The van der Waals surface area contributed by atoms with E-state index < -0.39 is 66.2 Å². The fourth-order valence-electron chi connectivity index (χ4n) is 3.30. The predicted molar refractivity (Wildman–Crippen MR) is 127 cm³/mol. The van der Waals surface area contributed by atoms with Gasteiger partial charge in [-0.2, -0.15) is 0 Å². The molecule has 0 radical (unpaired) electrons. The SMILES string of the molecule is NC(=O)CCC(NC(=O)C(CC(=O)O)NC(=O)C(N)Cc1cnc[nH]1)C(=O)NC(Cc1cnc[nH]1)C(=O)O. The first kappa shape index (κ1) is 29.4. The molecule has 4 amide bonds. The molecule has 0 aliphatic carbocycles. The highest BCUT2D eigenvalue weighted by molar-refractivity contribution is 5.95. The Morgan fingerprint density at radius 3 is 1.84 bits per heavy atom. The van der Waals surface area contributed by atoms with Gasteiger partial charge in [-0.3, -0.25) is 24.0 Å². The number of nitrogens with zero attached hydrogens (tertiary/aromatic N) is 2. The van der Waals surface area contributed by atoms with Gasteiger partial charge in [0.15, 0.2) is 0 Å². The Morgan fingerprint density at radius 2 is 1.34 bits per heavy atom. The summed E-state index contributed by atoms with van der Waals surface area (Å²) in [7, 11) is 0. The molecule has 2 heterocycles. The lowest BCUT2D eigenvalue weighted by Crippen LogP contribution is -2.58. The zero-order valence-corrected chi connectivity index (χ0v) is 20.0. The molecule has 0 aromatic carbocycles. The lowest BCUT2D eigenvalue weighted by molar-refractivity contribution is -0.143. The average molecular weight is 536 g/mol. The van der Waals surface area contributed by atoms with Gasteiger partial charge in [0.2, 0.25) is 23.6 Å². The number of hydrogen-bond donors (Lipinski definition) is 9. The van der Waals surface area contributed by atoms with Crippen LogP contribution in [0.15, 0.2) is 25.0 Å². The van der Waals surface area contributed by atoms with Crippen molar-refractivity contribution in [2.24, 2.45) is 11.5 Å². The molecule has 206 valence electrons. The summed E-state index contributed by atoms with van der Waals surface area (Å²) in [5.74, 6) is -6.50. The Bertz CT molecular complexity index is 1120. The van der Waals surface area contributed by atoms with Crippen molar-refractivity contribution in [2.45, 2.75) is 56.3 Å². The summed E-state index contributed by atoms with van der Waals surface area (Å²) in [5.41, 5.74) is 11.9. The normalized spacial score (nSPS) is 13.9. The van der Waals surface area contributed by atoms with Crippen molar-refractivity contribution in [3.8, 4) is 0 Å². The summed E-state index contributed by atoms with van der Waals surface area (Å²) in [6.45, 7) is 0. The van der Waals surface area contributed by atoms with Crippen molar-refractivity contribution in [1.82, 2.24) is 35.9 Å². The van der Waals surface area contributed by atoms with Crippen LogP contribution in [0.5, 0.6) is 0 Å². The van der Waals surface area contributed by atoms with Crippen LogP contribution in [0.4, 0.5) is 0 Å². The van der Waals surface area contributed by atoms with E-state index in [-0.39, 0.29) is 25.7 Å². The maximum Gasteiger partial charge on any atom is 0.326 e. The number of aromatic nitrogens is 4. The molecule has 17 nitrogen and oxygen atoms in total. The van der Waals surface area contributed by atoms with Gasteiger partial charge in [-0.05, 0) is 6.42 Å². The Morgan fingerprint density at radius 1 is 0.816 bits per heavy atom. The smallest absolute Gasteiger partial charge is 0.326 e. The zero-order valence-electron chi connectivity index (χ0n) is 20.0. The molecule has 2 aromatic heterocycles. The number of H-pyrrole nitrogens is 2. The van der Waals surface area contributed by atoms with E-state index in [1.165, 1.54) is 25.0 Å². The second kappa shape index (κ2) is 14.1. The second-order valence-electron chi connectivity index (χ2n) is 8.29. The van der Waals surface area contributed by atoms with E-state index in [2.05, 4.69) is 35.9 Å². The van der Waals surface area contributed by atoms with Crippen molar-refractivity contribution in [2.75, 3.05) is 0 Å². The van der Waals surface area contributed by atoms with Crippen LogP contribution in [-0.2, 0) is 41.6 Å². The highest BCUT2D eigenvalue weighted by Gasteiger charge is 2.32. The molecule has 0 aliphatic rings. The number of rotatable bonds is 16. The van der Waals surface area contributed by atoms with Crippen molar-refractivity contribution in [3.63, 3.8) is 0 Å². The van der Waals surface area contributed by atoms with E-state index in [0.717, 1.165) is 0 Å². The third-order valence-corrected chi connectivity index (χ3v) is 5.25. The lowest BCUT2D eigenvalue weighted by atomic mass is 10.1. The molecule has 38 heavy (non-hydrogen) atoms. The average Bonchev–Trinajstić information content (AvgIpc) is 3.54. The first-order chi connectivity index (χ1) is 18.0. The van der Waals surface area contributed by atoms with Crippen LogP contribution < -0.4 is 27.4 Å². The largest absolute Gasteiger partial charge is 0.481 e.